The fourth-order valence-corrected chi connectivity index (χ4v) is 3.71. The lowest BCUT2D eigenvalue weighted by Crippen LogP contribution is -2.48. The number of halogens is 4. The lowest BCUT2D eigenvalue weighted by Gasteiger charge is -2.34. The zero-order valence-electron chi connectivity index (χ0n) is 16.4. The number of nitrogens with zero attached hydrogens (tertiary/aromatic N) is 5. The van der Waals surface area contributed by atoms with Gasteiger partial charge in [-0.25, -0.2) is 4.68 Å². The normalized spacial score (nSPS) is 15.3. The molecular formula is C21H19ClF3N5O. The number of alkyl halides is 3. The molecule has 0 radical (unpaired) electrons. The molecule has 6 nitrogen and oxygen atoms in total. The third-order valence-corrected chi connectivity index (χ3v) is 5.38. The van der Waals surface area contributed by atoms with Crippen molar-refractivity contribution in [2.45, 2.75) is 12.7 Å². The van der Waals surface area contributed by atoms with Gasteiger partial charge in [-0.3, -0.25) is 14.7 Å². The van der Waals surface area contributed by atoms with E-state index in [1.165, 1.54) is 29.2 Å². The van der Waals surface area contributed by atoms with E-state index >= 15 is 0 Å². The van der Waals surface area contributed by atoms with Crippen molar-refractivity contribution in [1.82, 2.24) is 24.6 Å². The van der Waals surface area contributed by atoms with Crippen LogP contribution in [0, 0.1) is 0 Å². The quantitative estimate of drug-likeness (QED) is 0.606. The summed E-state index contributed by atoms with van der Waals surface area (Å²) in [6.45, 7) is 2.48. The first-order chi connectivity index (χ1) is 14.8. The van der Waals surface area contributed by atoms with E-state index in [0.717, 1.165) is 16.4 Å². The Morgan fingerprint density at radius 2 is 1.74 bits per heavy atom. The number of carbonyl (C=O) groups excluding carboxylic acids is 1. The van der Waals surface area contributed by atoms with E-state index in [2.05, 4.69) is 15.0 Å². The standard InChI is InChI=1S/C21H19ClF3N5O/c22-16-3-5-17(6-4-16)30-19(21(23,24)25)18(13-27-30)20(31)29-10-8-28(9-11-29)14-15-2-1-7-26-12-15/h1-7,12-13H,8-11,14H2. The number of piperazine rings is 1. The minimum atomic E-state index is -4.75. The van der Waals surface area contributed by atoms with Crippen LogP contribution in [-0.4, -0.2) is 56.7 Å². The van der Waals surface area contributed by atoms with Crippen molar-refractivity contribution in [3.63, 3.8) is 0 Å². The van der Waals surface area contributed by atoms with Gasteiger partial charge in [0.25, 0.3) is 5.91 Å². The maximum Gasteiger partial charge on any atom is 0.434 e. The van der Waals surface area contributed by atoms with Crippen LogP contribution in [0.25, 0.3) is 5.69 Å². The highest BCUT2D eigenvalue weighted by molar-refractivity contribution is 6.30. The van der Waals surface area contributed by atoms with Crippen LogP contribution in [0.15, 0.2) is 55.0 Å². The van der Waals surface area contributed by atoms with Crippen molar-refractivity contribution in [2.75, 3.05) is 26.2 Å². The number of amides is 1. The number of hydrogen-bond donors (Lipinski definition) is 0. The minimum absolute atomic E-state index is 0.178. The number of carbonyl (C=O) groups is 1. The van der Waals surface area contributed by atoms with E-state index in [-0.39, 0.29) is 5.69 Å². The Labute approximate surface area is 181 Å². The Balaban J connectivity index is 1.52. The predicted molar refractivity (Wildman–Crippen MR) is 109 cm³/mol. The van der Waals surface area contributed by atoms with Crippen LogP contribution < -0.4 is 0 Å². The Morgan fingerprint density at radius 3 is 2.35 bits per heavy atom. The largest absolute Gasteiger partial charge is 0.434 e. The van der Waals surface area contributed by atoms with Gasteiger partial charge in [0.15, 0.2) is 5.69 Å². The third-order valence-electron chi connectivity index (χ3n) is 5.13. The molecule has 10 heteroatoms. The summed E-state index contributed by atoms with van der Waals surface area (Å²) >= 11 is 5.83. The van der Waals surface area contributed by atoms with Crippen LogP contribution in [0.4, 0.5) is 13.2 Å². The van der Waals surface area contributed by atoms with Gasteiger partial charge in [0.05, 0.1) is 17.4 Å². The highest BCUT2D eigenvalue weighted by Gasteiger charge is 2.41. The number of rotatable bonds is 4. The SMILES string of the molecule is O=C(c1cnn(-c2ccc(Cl)cc2)c1C(F)(F)F)N1CCN(Cc2cccnc2)CC1. The number of hydrogen-bond acceptors (Lipinski definition) is 4. The van der Waals surface area contributed by atoms with Crippen LogP contribution in [-0.2, 0) is 12.7 Å². The second-order valence-corrected chi connectivity index (χ2v) is 7.66. The predicted octanol–water partition coefficient (Wildman–Crippen LogP) is 3.90. The number of aromatic nitrogens is 3. The lowest BCUT2D eigenvalue weighted by molar-refractivity contribution is -0.143. The smallest absolute Gasteiger partial charge is 0.336 e. The molecule has 1 amide bonds. The van der Waals surface area contributed by atoms with E-state index in [0.29, 0.717) is 37.7 Å². The summed E-state index contributed by atoms with van der Waals surface area (Å²) in [4.78, 5) is 20.6. The Hall–Kier alpha value is -2.91. The first kappa shape index (κ1) is 21.3. The molecule has 0 unspecified atom stereocenters. The highest BCUT2D eigenvalue weighted by atomic mass is 35.5. The molecule has 0 bridgehead atoms. The van der Waals surface area contributed by atoms with Crippen molar-refractivity contribution in [1.29, 1.82) is 0 Å². The van der Waals surface area contributed by atoms with Crippen molar-refractivity contribution >= 4 is 17.5 Å². The van der Waals surface area contributed by atoms with E-state index in [1.54, 1.807) is 12.4 Å². The number of pyridine rings is 1. The maximum atomic E-state index is 13.9. The Kier molecular flexibility index (Phi) is 5.97. The Morgan fingerprint density at radius 1 is 1.03 bits per heavy atom. The molecular weight excluding hydrogens is 431 g/mol. The molecule has 31 heavy (non-hydrogen) atoms. The highest BCUT2D eigenvalue weighted by Crippen LogP contribution is 2.34. The van der Waals surface area contributed by atoms with Gasteiger partial charge in [0.2, 0.25) is 0 Å². The van der Waals surface area contributed by atoms with Crippen molar-refractivity contribution < 1.29 is 18.0 Å². The van der Waals surface area contributed by atoms with Gasteiger partial charge in [-0.2, -0.15) is 18.3 Å². The molecule has 1 saturated heterocycles. The summed E-state index contributed by atoms with van der Waals surface area (Å²) in [6, 6.07) is 9.62. The zero-order valence-corrected chi connectivity index (χ0v) is 17.1. The fourth-order valence-electron chi connectivity index (χ4n) is 3.59. The average molecular weight is 450 g/mol. The summed E-state index contributed by atoms with van der Waals surface area (Å²) in [5, 5.41) is 4.25. The van der Waals surface area contributed by atoms with E-state index in [1.807, 2.05) is 12.1 Å². The molecule has 0 atom stereocenters. The summed E-state index contributed by atoms with van der Waals surface area (Å²) in [7, 11) is 0. The van der Waals surface area contributed by atoms with Crippen LogP contribution in [0.5, 0.6) is 0 Å². The monoisotopic (exact) mass is 449 g/mol. The van der Waals surface area contributed by atoms with E-state index in [9.17, 15) is 18.0 Å². The minimum Gasteiger partial charge on any atom is -0.336 e. The van der Waals surface area contributed by atoms with Crippen LogP contribution in [0.3, 0.4) is 0 Å². The molecule has 0 spiro atoms. The third kappa shape index (κ3) is 4.72. The topological polar surface area (TPSA) is 54.3 Å². The molecule has 3 aromatic rings. The summed E-state index contributed by atoms with van der Waals surface area (Å²) in [6.07, 6.45) is -0.286. The first-order valence-electron chi connectivity index (χ1n) is 9.64. The second-order valence-electron chi connectivity index (χ2n) is 7.22. The van der Waals surface area contributed by atoms with E-state index in [4.69, 9.17) is 11.6 Å². The van der Waals surface area contributed by atoms with Gasteiger partial charge in [0.1, 0.15) is 0 Å². The van der Waals surface area contributed by atoms with Gasteiger partial charge >= 0.3 is 6.18 Å². The molecule has 2 aromatic heterocycles. The first-order valence-corrected chi connectivity index (χ1v) is 10.0. The molecule has 0 saturated carbocycles. The maximum absolute atomic E-state index is 13.9. The zero-order chi connectivity index (χ0) is 22.0. The van der Waals surface area contributed by atoms with Crippen LogP contribution >= 0.6 is 11.6 Å². The second kappa shape index (κ2) is 8.68. The van der Waals surface area contributed by atoms with Gasteiger partial charge < -0.3 is 4.90 Å². The van der Waals surface area contributed by atoms with Crippen molar-refractivity contribution in [3.8, 4) is 5.69 Å². The molecule has 1 aliphatic rings. The van der Waals surface area contributed by atoms with Crippen LogP contribution in [0.1, 0.15) is 21.6 Å². The molecule has 162 valence electrons. The van der Waals surface area contributed by atoms with Gasteiger partial charge in [-0.15, -0.1) is 0 Å². The molecule has 3 heterocycles. The molecule has 1 fully saturated rings. The molecule has 1 aromatic carbocycles. The summed E-state index contributed by atoms with van der Waals surface area (Å²) in [5.74, 6) is -0.673. The summed E-state index contributed by atoms with van der Waals surface area (Å²) in [5.41, 5.74) is -0.316. The van der Waals surface area contributed by atoms with Crippen molar-refractivity contribution in [2.24, 2.45) is 0 Å². The van der Waals surface area contributed by atoms with Crippen molar-refractivity contribution in [3.05, 3.63) is 76.8 Å². The molecule has 0 aliphatic carbocycles. The Bertz CT molecular complexity index is 1050. The molecule has 1 aliphatic heterocycles. The fraction of sp³-hybridized carbons (Fsp3) is 0.286. The van der Waals surface area contributed by atoms with Crippen LogP contribution in [0.2, 0.25) is 5.02 Å². The van der Waals surface area contributed by atoms with Gasteiger partial charge in [-0.05, 0) is 35.9 Å². The van der Waals surface area contributed by atoms with Gasteiger partial charge in [-0.1, -0.05) is 17.7 Å². The summed E-state index contributed by atoms with van der Waals surface area (Å²) < 4.78 is 42.3. The van der Waals surface area contributed by atoms with E-state index < -0.39 is 23.3 Å². The number of benzene rings is 1. The lowest BCUT2D eigenvalue weighted by atomic mass is 10.1. The molecule has 4 rings (SSSR count). The average Bonchev–Trinajstić information content (AvgIpc) is 3.21. The molecule has 0 N–H and O–H groups in total. The van der Waals surface area contributed by atoms with Gasteiger partial charge in [0, 0.05) is 50.1 Å².